The highest BCUT2D eigenvalue weighted by Crippen LogP contribution is 2.41. The van der Waals surface area contributed by atoms with Crippen LogP contribution in [-0.4, -0.2) is 48.2 Å². The molecule has 6 heteroatoms. The van der Waals surface area contributed by atoms with Gasteiger partial charge in [-0.1, -0.05) is 70.4 Å². The van der Waals surface area contributed by atoms with E-state index < -0.39 is 5.54 Å². The highest BCUT2D eigenvalue weighted by molar-refractivity contribution is 6.10. The molecule has 2 aromatic carbocycles. The van der Waals surface area contributed by atoms with E-state index in [1.807, 2.05) is 56.1 Å². The molecule has 204 valence electrons. The van der Waals surface area contributed by atoms with E-state index in [9.17, 15) is 9.18 Å². The Morgan fingerprint density at radius 2 is 1.73 bits per heavy atom. The van der Waals surface area contributed by atoms with E-state index in [1.54, 1.807) is 12.1 Å². The summed E-state index contributed by atoms with van der Waals surface area (Å²) in [4.78, 5) is 16.4. The van der Waals surface area contributed by atoms with Crippen LogP contribution < -0.4 is 10.3 Å². The smallest absolute Gasteiger partial charge is 0.248 e. The van der Waals surface area contributed by atoms with Crippen LogP contribution in [0.25, 0.3) is 0 Å². The van der Waals surface area contributed by atoms with Gasteiger partial charge in [-0.2, -0.15) is 5.10 Å². The predicted octanol–water partition coefficient (Wildman–Crippen LogP) is 6.88. The molecule has 2 unspecified atom stereocenters. The summed E-state index contributed by atoms with van der Waals surface area (Å²) in [5.74, 6) is -0.372. The van der Waals surface area contributed by atoms with E-state index in [0.717, 1.165) is 49.2 Å². The van der Waals surface area contributed by atoms with Crippen molar-refractivity contribution in [2.75, 3.05) is 31.2 Å². The van der Waals surface area contributed by atoms with Crippen LogP contribution in [0.2, 0.25) is 0 Å². The normalized spacial score (nSPS) is 21.7. The van der Waals surface area contributed by atoms with Crippen LogP contribution in [0.4, 0.5) is 10.1 Å². The van der Waals surface area contributed by atoms with Crippen molar-refractivity contribution in [2.45, 2.75) is 78.2 Å². The fourth-order valence-electron chi connectivity index (χ4n) is 5.42. The van der Waals surface area contributed by atoms with Crippen LogP contribution in [0.15, 0.2) is 59.7 Å². The molecule has 2 atom stereocenters. The fraction of sp³-hybridized carbons (Fsp3) is 0.548. The van der Waals surface area contributed by atoms with Crippen LogP contribution in [0, 0.1) is 11.7 Å². The van der Waals surface area contributed by atoms with Crippen molar-refractivity contribution in [1.82, 2.24) is 10.2 Å². The molecular formula is C31H47FN4O. The Morgan fingerprint density at radius 3 is 2.38 bits per heavy atom. The van der Waals surface area contributed by atoms with Crippen LogP contribution in [0.5, 0.6) is 0 Å². The Hall–Kier alpha value is -2.73. The van der Waals surface area contributed by atoms with E-state index in [1.165, 1.54) is 44.5 Å². The summed E-state index contributed by atoms with van der Waals surface area (Å²) in [6, 6.07) is 16.4. The molecule has 1 amide bonds. The lowest BCUT2D eigenvalue weighted by Crippen LogP contribution is -2.58. The molecule has 2 aromatic rings. The second-order valence-corrected chi connectivity index (χ2v) is 9.99. The molecule has 0 radical (unpaired) electrons. The number of nitrogens with zero attached hydrogens (tertiary/aromatic N) is 3. The molecule has 2 heterocycles. The lowest BCUT2D eigenvalue weighted by molar-refractivity contribution is -0.126. The topological polar surface area (TPSA) is 47.9 Å². The number of halogens is 1. The summed E-state index contributed by atoms with van der Waals surface area (Å²) >= 11 is 0. The minimum Gasteiger partial charge on any atom is -0.354 e. The Labute approximate surface area is 224 Å². The largest absolute Gasteiger partial charge is 0.354 e. The molecule has 0 bridgehead atoms. The third-order valence-corrected chi connectivity index (χ3v) is 7.49. The average molecular weight is 511 g/mol. The first kappa shape index (κ1) is 28.8. The van der Waals surface area contributed by atoms with Gasteiger partial charge >= 0.3 is 0 Å². The van der Waals surface area contributed by atoms with Gasteiger partial charge in [-0.15, -0.1) is 0 Å². The summed E-state index contributed by atoms with van der Waals surface area (Å²) < 4.78 is 13.7. The fourth-order valence-corrected chi connectivity index (χ4v) is 5.42. The summed E-state index contributed by atoms with van der Waals surface area (Å²) in [7, 11) is 0. The molecule has 37 heavy (non-hydrogen) atoms. The zero-order valence-electron chi connectivity index (χ0n) is 23.2. The van der Waals surface area contributed by atoms with Crippen LogP contribution in [0.3, 0.4) is 0 Å². The third kappa shape index (κ3) is 6.98. The summed E-state index contributed by atoms with van der Waals surface area (Å²) in [6.07, 6.45) is 7.69. The van der Waals surface area contributed by atoms with Gasteiger partial charge in [-0.3, -0.25) is 4.79 Å². The van der Waals surface area contributed by atoms with Crippen molar-refractivity contribution in [3.05, 3.63) is 66.0 Å². The van der Waals surface area contributed by atoms with Crippen molar-refractivity contribution >= 4 is 17.3 Å². The van der Waals surface area contributed by atoms with Gasteiger partial charge < -0.3 is 10.2 Å². The Balaban J connectivity index is 0.00000165. The van der Waals surface area contributed by atoms with Gasteiger partial charge in [0.05, 0.1) is 11.4 Å². The lowest BCUT2D eigenvalue weighted by atomic mass is 9.77. The Bertz CT molecular complexity index is 995. The van der Waals surface area contributed by atoms with Gasteiger partial charge in [0.2, 0.25) is 5.91 Å². The highest BCUT2D eigenvalue weighted by Gasteiger charge is 2.53. The number of carbonyl (C=O) groups excluding carboxylic acids is 1. The van der Waals surface area contributed by atoms with Crippen LogP contribution >= 0.6 is 0 Å². The molecular weight excluding hydrogens is 463 g/mol. The molecule has 4 rings (SSSR count). The number of hydrazone groups is 1. The molecule has 0 aromatic heterocycles. The van der Waals surface area contributed by atoms with E-state index in [-0.39, 0.29) is 19.1 Å². The van der Waals surface area contributed by atoms with Crippen molar-refractivity contribution in [2.24, 2.45) is 11.0 Å². The number of hydrogen-bond donors (Lipinski definition) is 1. The van der Waals surface area contributed by atoms with Crippen molar-refractivity contribution in [3.8, 4) is 0 Å². The average Bonchev–Trinajstić information content (AvgIpc) is 3.25. The van der Waals surface area contributed by atoms with Gasteiger partial charge in [0, 0.05) is 13.9 Å². The Kier molecular flexibility index (Phi) is 11.1. The van der Waals surface area contributed by atoms with E-state index in [2.05, 4.69) is 17.1 Å². The number of rotatable bonds is 10. The first-order valence-electron chi connectivity index (χ1n) is 14.2. The maximum absolute atomic E-state index is 13.9. The summed E-state index contributed by atoms with van der Waals surface area (Å²) in [5, 5.41) is 10.2. The molecule has 0 aliphatic carbocycles. The zero-order chi connectivity index (χ0) is 26.7. The van der Waals surface area contributed by atoms with E-state index in [0.29, 0.717) is 6.54 Å². The SMILES string of the molecule is CC.CCCCC1C(c2ccc(F)cc2)=NN(c2ccccc2)C1(C)C(=O)NCCCN1CCCCC1.[HH]. The number of piperidine rings is 1. The predicted molar refractivity (Wildman–Crippen MR) is 155 cm³/mol. The minimum atomic E-state index is -0.870. The Morgan fingerprint density at radius 1 is 1.05 bits per heavy atom. The summed E-state index contributed by atoms with van der Waals surface area (Å²) in [5.41, 5.74) is 1.74. The molecule has 0 saturated carbocycles. The number of nitrogens with one attached hydrogen (secondary N) is 1. The lowest BCUT2D eigenvalue weighted by Gasteiger charge is -2.38. The summed E-state index contributed by atoms with van der Waals surface area (Å²) in [6.45, 7) is 12.2. The van der Waals surface area contributed by atoms with Gasteiger partial charge in [-0.25, -0.2) is 9.40 Å². The van der Waals surface area contributed by atoms with E-state index in [4.69, 9.17) is 5.10 Å². The number of anilines is 1. The minimum absolute atomic E-state index is 0. The van der Waals surface area contributed by atoms with Gasteiger partial charge in [0.25, 0.3) is 0 Å². The number of unbranched alkanes of at least 4 members (excludes halogenated alkanes) is 1. The second kappa shape index (κ2) is 14.3. The number of hydrogen-bond acceptors (Lipinski definition) is 4. The standard InChI is InChI=1S/C29H39FN4O.C2H6.H2/c1-3-4-14-26-27(23-15-17-24(30)18-16-23)32-34(25-12-7-5-8-13-25)29(26,2)28(35)31-19-11-22-33-20-9-6-10-21-33;1-2;/h5,7-8,12-13,15-18,26H,3-4,6,9-11,14,19-22H2,1-2H3,(H,31,35);1-2H3;1H. The molecule has 2 aliphatic rings. The molecule has 0 spiro atoms. The number of likely N-dealkylation sites (tertiary alicyclic amines) is 1. The maximum atomic E-state index is 13.9. The van der Waals surface area contributed by atoms with Crippen molar-refractivity contribution in [1.29, 1.82) is 0 Å². The van der Waals surface area contributed by atoms with Crippen molar-refractivity contribution in [3.63, 3.8) is 0 Å². The van der Waals surface area contributed by atoms with Gasteiger partial charge in [-0.05, 0) is 82.1 Å². The molecule has 1 saturated heterocycles. The van der Waals surface area contributed by atoms with Crippen LogP contribution in [-0.2, 0) is 4.79 Å². The number of amides is 1. The highest BCUT2D eigenvalue weighted by atomic mass is 19.1. The van der Waals surface area contributed by atoms with E-state index >= 15 is 0 Å². The number of carbonyl (C=O) groups is 1. The molecule has 2 aliphatic heterocycles. The quantitative estimate of drug-likeness (QED) is 0.355. The molecule has 1 fully saturated rings. The zero-order valence-corrected chi connectivity index (χ0v) is 23.2. The maximum Gasteiger partial charge on any atom is 0.248 e. The molecule has 1 N–H and O–H groups in total. The molecule has 5 nitrogen and oxygen atoms in total. The number of benzene rings is 2. The monoisotopic (exact) mass is 510 g/mol. The van der Waals surface area contributed by atoms with Crippen LogP contribution in [0.1, 0.15) is 79.6 Å². The third-order valence-electron chi connectivity index (χ3n) is 7.49. The second-order valence-electron chi connectivity index (χ2n) is 9.99. The number of para-hydroxylation sites is 1. The van der Waals surface area contributed by atoms with Gasteiger partial charge in [0.1, 0.15) is 11.4 Å². The first-order chi connectivity index (χ1) is 18.0. The first-order valence-corrected chi connectivity index (χ1v) is 14.2. The van der Waals surface area contributed by atoms with Crippen molar-refractivity contribution < 1.29 is 10.6 Å². The van der Waals surface area contributed by atoms with Gasteiger partial charge in [0.15, 0.2) is 0 Å².